The van der Waals surface area contributed by atoms with Gasteiger partial charge in [-0.3, -0.25) is 5.10 Å². The fourth-order valence-corrected chi connectivity index (χ4v) is 2.20. The standard InChI is InChI=1S/C9H10ClN3S/c1-6(7-2-9(10)14-5-7)13-8-3-11-12-4-8/h2-6,13H,1H3,(H,11,12). The largest absolute Gasteiger partial charge is 0.376 e. The number of aromatic amines is 1. The molecule has 0 saturated carbocycles. The fourth-order valence-electron chi connectivity index (χ4n) is 1.21. The van der Waals surface area contributed by atoms with Gasteiger partial charge >= 0.3 is 0 Å². The molecule has 14 heavy (non-hydrogen) atoms. The Hall–Kier alpha value is -1.00. The van der Waals surface area contributed by atoms with Crippen molar-refractivity contribution < 1.29 is 0 Å². The quantitative estimate of drug-likeness (QED) is 0.845. The number of H-pyrrole nitrogens is 1. The first-order chi connectivity index (χ1) is 6.75. The Morgan fingerprint density at radius 1 is 1.64 bits per heavy atom. The van der Waals surface area contributed by atoms with Gasteiger partial charge in [-0.25, -0.2) is 0 Å². The first-order valence-electron chi connectivity index (χ1n) is 4.25. The number of hydrogen-bond donors (Lipinski definition) is 2. The number of thiophene rings is 1. The van der Waals surface area contributed by atoms with E-state index in [9.17, 15) is 0 Å². The van der Waals surface area contributed by atoms with Crippen LogP contribution in [0.3, 0.4) is 0 Å². The van der Waals surface area contributed by atoms with E-state index in [1.807, 2.05) is 12.3 Å². The molecular formula is C9H10ClN3S. The lowest BCUT2D eigenvalue weighted by atomic mass is 10.2. The molecule has 0 aliphatic rings. The van der Waals surface area contributed by atoms with Gasteiger partial charge in [0.15, 0.2) is 0 Å². The predicted molar refractivity (Wildman–Crippen MR) is 60.0 cm³/mol. The van der Waals surface area contributed by atoms with Gasteiger partial charge in [0.1, 0.15) is 0 Å². The van der Waals surface area contributed by atoms with E-state index in [1.165, 1.54) is 5.56 Å². The molecule has 0 spiro atoms. The Bertz CT molecular complexity index is 396. The van der Waals surface area contributed by atoms with Gasteiger partial charge in [-0.2, -0.15) is 5.10 Å². The van der Waals surface area contributed by atoms with E-state index in [0.717, 1.165) is 10.0 Å². The van der Waals surface area contributed by atoms with Gasteiger partial charge < -0.3 is 5.32 Å². The number of anilines is 1. The summed E-state index contributed by atoms with van der Waals surface area (Å²) in [7, 11) is 0. The molecule has 5 heteroatoms. The number of nitrogens with zero attached hydrogens (tertiary/aromatic N) is 1. The lowest BCUT2D eigenvalue weighted by Crippen LogP contribution is -2.04. The SMILES string of the molecule is CC(Nc1cn[nH]c1)c1csc(Cl)c1. The molecule has 1 atom stereocenters. The summed E-state index contributed by atoms with van der Waals surface area (Å²) in [6, 6.07) is 2.22. The topological polar surface area (TPSA) is 40.7 Å². The molecule has 2 heterocycles. The summed E-state index contributed by atoms with van der Waals surface area (Å²) < 4.78 is 0.820. The van der Waals surface area contributed by atoms with Crippen molar-refractivity contribution in [1.82, 2.24) is 10.2 Å². The molecule has 0 saturated heterocycles. The Balaban J connectivity index is 2.06. The van der Waals surface area contributed by atoms with Crippen molar-refractivity contribution in [3.8, 4) is 0 Å². The van der Waals surface area contributed by atoms with Crippen molar-refractivity contribution >= 4 is 28.6 Å². The van der Waals surface area contributed by atoms with Gasteiger partial charge in [-0.15, -0.1) is 11.3 Å². The van der Waals surface area contributed by atoms with Crippen LogP contribution in [-0.2, 0) is 0 Å². The maximum Gasteiger partial charge on any atom is 0.0931 e. The summed E-state index contributed by atoms with van der Waals surface area (Å²) in [6.45, 7) is 2.09. The second-order valence-electron chi connectivity index (χ2n) is 3.04. The zero-order chi connectivity index (χ0) is 9.97. The summed E-state index contributed by atoms with van der Waals surface area (Å²) in [5.41, 5.74) is 2.18. The molecule has 0 aromatic carbocycles. The number of nitrogens with one attached hydrogen (secondary N) is 2. The van der Waals surface area contributed by atoms with Crippen LogP contribution in [-0.4, -0.2) is 10.2 Å². The van der Waals surface area contributed by atoms with Crippen LogP contribution < -0.4 is 5.32 Å². The third-order valence-corrected chi connectivity index (χ3v) is 3.08. The summed E-state index contributed by atoms with van der Waals surface area (Å²) in [6.07, 6.45) is 3.58. The van der Waals surface area contributed by atoms with Gasteiger partial charge in [-0.1, -0.05) is 11.6 Å². The average molecular weight is 228 g/mol. The molecule has 2 rings (SSSR count). The summed E-state index contributed by atoms with van der Waals surface area (Å²) in [5, 5.41) is 12.0. The van der Waals surface area contributed by atoms with Crippen molar-refractivity contribution in [2.24, 2.45) is 0 Å². The van der Waals surface area contributed by atoms with Crippen molar-refractivity contribution in [3.05, 3.63) is 33.7 Å². The second kappa shape index (κ2) is 4.02. The highest BCUT2D eigenvalue weighted by atomic mass is 35.5. The molecule has 0 bridgehead atoms. The van der Waals surface area contributed by atoms with Gasteiger partial charge in [0.2, 0.25) is 0 Å². The first kappa shape index (κ1) is 9.55. The lowest BCUT2D eigenvalue weighted by Gasteiger charge is -2.11. The van der Waals surface area contributed by atoms with Crippen LogP contribution in [0.1, 0.15) is 18.5 Å². The van der Waals surface area contributed by atoms with E-state index in [0.29, 0.717) is 0 Å². The lowest BCUT2D eigenvalue weighted by molar-refractivity contribution is 0.891. The minimum atomic E-state index is 0.247. The zero-order valence-electron chi connectivity index (χ0n) is 7.62. The van der Waals surface area contributed by atoms with Crippen LogP contribution in [0.4, 0.5) is 5.69 Å². The van der Waals surface area contributed by atoms with Gasteiger partial charge in [0.05, 0.1) is 16.2 Å². The molecule has 2 N–H and O–H groups in total. The van der Waals surface area contributed by atoms with E-state index in [1.54, 1.807) is 17.5 Å². The minimum absolute atomic E-state index is 0.247. The number of halogens is 1. The van der Waals surface area contributed by atoms with Crippen molar-refractivity contribution in [3.63, 3.8) is 0 Å². The second-order valence-corrected chi connectivity index (χ2v) is 4.58. The zero-order valence-corrected chi connectivity index (χ0v) is 9.19. The first-order valence-corrected chi connectivity index (χ1v) is 5.50. The molecule has 2 aromatic rings. The normalized spacial score (nSPS) is 12.7. The smallest absolute Gasteiger partial charge is 0.0931 e. The fraction of sp³-hybridized carbons (Fsp3) is 0.222. The number of aromatic nitrogens is 2. The van der Waals surface area contributed by atoms with Crippen LogP contribution in [0.25, 0.3) is 0 Å². The van der Waals surface area contributed by atoms with Crippen LogP contribution in [0.15, 0.2) is 23.8 Å². The van der Waals surface area contributed by atoms with Gasteiger partial charge in [0, 0.05) is 12.2 Å². The summed E-state index contributed by atoms with van der Waals surface area (Å²) in [5.74, 6) is 0. The minimum Gasteiger partial charge on any atom is -0.376 e. The summed E-state index contributed by atoms with van der Waals surface area (Å²) in [4.78, 5) is 0. The molecule has 74 valence electrons. The van der Waals surface area contributed by atoms with Crippen molar-refractivity contribution in [2.45, 2.75) is 13.0 Å². The molecule has 1 unspecified atom stereocenters. The number of hydrogen-bond acceptors (Lipinski definition) is 3. The number of rotatable bonds is 3. The molecule has 0 aliphatic heterocycles. The molecule has 3 nitrogen and oxygen atoms in total. The van der Waals surface area contributed by atoms with E-state index in [2.05, 4.69) is 27.8 Å². The highest BCUT2D eigenvalue weighted by Gasteiger charge is 2.07. The van der Waals surface area contributed by atoms with Crippen molar-refractivity contribution in [1.29, 1.82) is 0 Å². The molecule has 0 aliphatic carbocycles. The van der Waals surface area contributed by atoms with E-state index >= 15 is 0 Å². The van der Waals surface area contributed by atoms with Crippen molar-refractivity contribution in [2.75, 3.05) is 5.32 Å². The van der Waals surface area contributed by atoms with Crippen LogP contribution in [0, 0.1) is 0 Å². The molecular weight excluding hydrogens is 218 g/mol. The third-order valence-electron chi connectivity index (χ3n) is 1.97. The highest BCUT2D eigenvalue weighted by Crippen LogP contribution is 2.26. The Labute approximate surface area is 91.1 Å². The molecule has 2 aromatic heterocycles. The Morgan fingerprint density at radius 3 is 3.07 bits per heavy atom. The van der Waals surface area contributed by atoms with Gasteiger partial charge in [0.25, 0.3) is 0 Å². The molecule has 0 amide bonds. The van der Waals surface area contributed by atoms with E-state index in [-0.39, 0.29) is 6.04 Å². The monoisotopic (exact) mass is 227 g/mol. The summed E-state index contributed by atoms with van der Waals surface area (Å²) >= 11 is 7.41. The van der Waals surface area contributed by atoms with Gasteiger partial charge in [-0.05, 0) is 23.9 Å². The molecule has 0 radical (unpaired) electrons. The highest BCUT2D eigenvalue weighted by molar-refractivity contribution is 7.14. The predicted octanol–water partition coefficient (Wildman–Crippen LogP) is 3.30. The van der Waals surface area contributed by atoms with E-state index in [4.69, 9.17) is 11.6 Å². The van der Waals surface area contributed by atoms with Crippen LogP contribution >= 0.6 is 22.9 Å². The Morgan fingerprint density at radius 2 is 2.50 bits per heavy atom. The van der Waals surface area contributed by atoms with E-state index < -0.39 is 0 Å². The maximum atomic E-state index is 5.86. The average Bonchev–Trinajstić information content (AvgIpc) is 2.75. The Kier molecular flexibility index (Phi) is 2.74. The van der Waals surface area contributed by atoms with Crippen LogP contribution in [0.5, 0.6) is 0 Å². The molecule has 0 fully saturated rings. The maximum absolute atomic E-state index is 5.86. The third kappa shape index (κ3) is 2.08. The van der Waals surface area contributed by atoms with Crippen LogP contribution in [0.2, 0.25) is 4.34 Å².